The molecule has 186 valence electrons. The molecule has 0 spiro atoms. The molecule has 4 heterocycles. The molecule has 0 bridgehead atoms. The van der Waals surface area contributed by atoms with Crippen molar-refractivity contribution in [1.82, 2.24) is 15.0 Å². The SMILES string of the molecule is O[C@@H]1CCCC[C@H]1Nc1nc2ccc(Oc3ccnc(-c4ccc(N5CCCCC5)nc4)c3)cc2s1. The highest BCUT2D eigenvalue weighted by Gasteiger charge is 2.23. The van der Waals surface area contributed by atoms with Crippen LogP contribution in [0.5, 0.6) is 11.5 Å². The normalized spacial score (nSPS) is 20.4. The zero-order valence-corrected chi connectivity index (χ0v) is 21.1. The molecule has 36 heavy (non-hydrogen) atoms. The second kappa shape index (κ2) is 10.4. The Morgan fingerprint density at radius 3 is 2.61 bits per heavy atom. The zero-order chi connectivity index (χ0) is 24.3. The molecule has 2 N–H and O–H groups in total. The highest BCUT2D eigenvalue weighted by molar-refractivity contribution is 7.22. The van der Waals surface area contributed by atoms with E-state index in [2.05, 4.69) is 27.3 Å². The van der Waals surface area contributed by atoms with Crippen molar-refractivity contribution in [3.05, 3.63) is 54.9 Å². The quantitative estimate of drug-likeness (QED) is 0.323. The molecule has 1 aliphatic carbocycles. The highest BCUT2D eigenvalue weighted by Crippen LogP contribution is 2.33. The van der Waals surface area contributed by atoms with Crippen LogP contribution in [0.4, 0.5) is 10.9 Å². The van der Waals surface area contributed by atoms with E-state index in [-0.39, 0.29) is 12.1 Å². The van der Waals surface area contributed by atoms with E-state index in [1.165, 1.54) is 19.3 Å². The average Bonchev–Trinajstić information content (AvgIpc) is 3.32. The lowest BCUT2D eigenvalue weighted by Crippen LogP contribution is -2.36. The predicted molar refractivity (Wildman–Crippen MR) is 145 cm³/mol. The van der Waals surface area contributed by atoms with Gasteiger partial charge in [-0.15, -0.1) is 0 Å². The number of aromatic nitrogens is 3. The maximum atomic E-state index is 10.3. The largest absolute Gasteiger partial charge is 0.457 e. The molecule has 0 radical (unpaired) electrons. The molecule has 2 aliphatic rings. The lowest BCUT2D eigenvalue weighted by atomic mass is 9.93. The van der Waals surface area contributed by atoms with Crippen LogP contribution < -0.4 is 15.0 Å². The summed E-state index contributed by atoms with van der Waals surface area (Å²) in [6, 6.07) is 14.0. The van der Waals surface area contributed by atoms with Gasteiger partial charge in [-0.1, -0.05) is 24.2 Å². The van der Waals surface area contributed by atoms with Gasteiger partial charge in [-0.25, -0.2) is 9.97 Å². The molecule has 1 aliphatic heterocycles. The number of nitrogens with one attached hydrogen (secondary N) is 1. The summed E-state index contributed by atoms with van der Waals surface area (Å²) in [6.45, 7) is 2.16. The van der Waals surface area contributed by atoms with Gasteiger partial charge in [-0.2, -0.15) is 0 Å². The molecule has 8 heteroatoms. The molecule has 1 saturated carbocycles. The maximum absolute atomic E-state index is 10.3. The number of aliphatic hydroxyl groups is 1. The Hall–Kier alpha value is -3.23. The monoisotopic (exact) mass is 501 g/mol. The number of aliphatic hydroxyl groups excluding tert-OH is 1. The van der Waals surface area contributed by atoms with E-state index in [1.807, 2.05) is 36.5 Å². The Balaban J connectivity index is 1.15. The van der Waals surface area contributed by atoms with Crippen molar-refractivity contribution in [2.24, 2.45) is 0 Å². The van der Waals surface area contributed by atoms with E-state index in [0.717, 1.165) is 82.7 Å². The van der Waals surface area contributed by atoms with Gasteiger partial charge in [0.2, 0.25) is 0 Å². The summed E-state index contributed by atoms with van der Waals surface area (Å²) in [5.74, 6) is 2.52. The van der Waals surface area contributed by atoms with Crippen LogP contribution in [0.3, 0.4) is 0 Å². The molecule has 7 nitrogen and oxygen atoms in total. The van der Waals surface area contributed by atoms with Gasteiger partial charge in [0.25, 0.3) is 0 Å². The van der Waals surface area contributed by atoms with Crippen molar-refractivity contribution in [2.45, 2.75) is 57.1 Å². The minimum absolute atomic E-state index is 0.0775. The van der Waals surface area contributed by atoms with Crippen LogP contribution in [-0.4, -0.2) is 45.3 Å². The van der Waals surface area contributed by atoms with Crippen LogP contribution in [0, 0.1) is 0 Å². The van der Waals surface area contributed by atoms with Crippen molar-refractivity contribution in [3.63, 3.8) is 0 Å². The number of fused-ring (bicyclic) bond motifs is 1. The van der Waals surface area contributed by atoms with Gasteiger partial charge in [0.15, 0.2) is 5.13 Å². The van der Waals surface area contributed by atoms with E-state index in [9.17, 15) is 5.11 Å². The van der Waals surface area contributed by atoms with Gasteiger partial charge in [0.05, 0.1) is 28.1 Å². The third kappa shape index (κ3) is 5.15. The van der Waals surface area contributed by atoms with E-state index in [4.69, 9.17) is 14.7 Å². The first-order chi connectivity index (χ1) is 17.7. The van der Waals surface area contributed by atoms with E-state index in [0.29, 0.717) is 0 Å². The number of benzene rings is 1. The van der Waals surface area contributed by atoms with Crippen LogP contribution in [0.25, 0.3) is 21.5 Å². The molecule has 3 aromatic heterocycles. The number of pyridine rings is 2. The Labute approximate surface area is 215 Å². The lowest BCUT2D eigenvalue weighted by Gasteiger charge is -2.27. The molecule has 1 aromatic carbocycles. The summed E-state index contributed by atoms with van der Waals surface area (Å²) in [7, 11) is 0. The molecule has 2 atom stereocenters. The molecule has 0 amide bonds. The van der Waals surface area contributed by atoms with Gasteiger partial charge in [-0.3, -0.25) is 4.98 Å². The number of thiazole rings is 1. The van der Waals surface area contributed by atoms with Crippen LogP contribution >= 0.6 is 11.3 Å². The molecule has 1 saturated heterocycles. The fourth-order valence-electron chi connectivity index (χ4n) is 5.08. The third-order valence-corrected chi connectivity index (χ3v) is 8.04. The maximum Gasteiger partial charge on any atom is 0.184 e. The number of ether oxygens (including phenoxy) is 1. The summed E-state index contributed by atoms with van der Waals surface area (Å²) >= 11 is 1.59. The molecule has 2 fully saturated rings. The Bertz CT molecular complexity index is 1320. The topological polar surface area (TPSA) is 83.4 Å². The number of rotatable bonds is 6. The predicted octanol–water partition coefficient (Wildman–Crippen LogP) is 6.25. The fraction of sp³-hybridized carbons (Fsp3) is 0.393. The minimum atomic E-state index is -0.304. The van der Waals surface area contributed by atoms with E-state index >= 15 is 0 Å². The van der Waals surface area contributed by atoms with Gasteiger partial charge in [0.1, 0.15) is 17.3 Å². The minimum Gasteiger partial charge on any atom is -0.457 e. The zero-order valence-electron chi connectivity index (χ0n) is 20.3. The van der Waals surface area contributed by atoms with Gasteiger partial charge < -0.3 is 20.1 Å². The summed E-state index contributed by atoms with van der Waals surface area (Å²) in [4.78, 5) is 16.3. The number of nitrogens with zero attached hydrogens (tertiary/aromatic N) is 4. The first-order valence-corrected chi connectivity index (χ1v) is 13.7. The van der Waals surface area contributed by atoms with Gasteiger partial charge >= 0.3 is 0 Å². The molecular weight excluding hydrogens is 470 g/mol. The Morgan fingerprint density at radius 1 is 0.917 bits per heavy atom. The molecular formula is C28H31N5O2S. The summed E-state index contributed by atoms with van der Waals surface area (Å²) in [6.07, 6.45) is 11.2. The number of hydrogen-bond acceptors (Lipinski definition) is 8. The fourth-order valence-corrected chi connectivity index (χ4v) is 6.04. The van der Waals surface area contributed by atoms with Crippen molar-refractivity contribution < 1.29 is 9.84 Å². The van der Waals surface area contributed by atoms with Crippen molar-refractivity contribution in [1.29, 1.82) is 0 Å². The average molecular weight is 502 g/mol. The van der Waals surface area contributed by atoms with Crippen molar-refractivity contribution >= 4 is 32.5 Å². The highest BCUT2D eigenvalue weighted by atomic mass is 32.1. The molecule has 6 rings (SSSR count). The second-order valence-electron chi connectivity index (χ2n) is 9.68. The number of piperidine rings is 1. The smallest absolute Gasteiger partial charge is 0.184 e. The summed E-state index contributed by atoms with van der Waals surface area (Å²) < 4.78 is 7.24. The van der Waals surface area contributed by atoms with Crippen molar-refractivity contribution in [3.8, 4) is 22.8 Å². The lowest BCUT2D eigenvalue weighted by molar-refractivity contribution is 0.116. The number of hydrogen-bond donors (Lipinski definition) is 2. The molecule has 0 unspecified atom stereocenters. The first kappa shape index (κ1) is 23.2. The van der Waals surface area contributed by atoms with E-state index in [1.54, 1.807) is 17.5 Å². The summed E-state index contributed by atoms with van der Waals surface area (Å²) in [5.41, 5.74) is 2.73. The number of anilines is 2. The van der Waals surface area contributed by atoms with Crippen LogP contribution in [0.2, 0.25) is 0 Å². The van der Waals surface area contributed by atoms with Gasteiger partial charge in [0, 0.05) is 43.2 Å². The van der Waals surface area contributed by atoms with Crippen LogP contribution in [-0.2, 0) is 0 Å². The van der Waals surface area contributed by atoms with Gasteiger partial charge in [-0.05, 0) is 62.4 Å². The second-order valence-corrected chi connectivity index (χ2v) is 10.7. The summed E-state index contributed by atoms with van der Waals surface area (Å²) in [5, 5.41) is 14.6. The molecule has 4 aromatic rings. The Morgan fingerprint density at radius 2 is 1.78 bits per heavy atom. The van der Waals surface area contributed by atoms with Crippen LogP contribution in [0.1, 0.15) is 44.9 Å². The van der Waals surface area contributed by atoms with E-state index < -0.39 is 0 Å². The van der Waals surface area contributed by atoms with Crippen LogP contribution in [0.15, 0.2) is 54.9 Å². The standard InChI is InChI=1S/C28H31N5O2S/c34-25-7-3-2-6-22(25)31-28-32-23-10-9-20(17-26(23)36-28)35-21-12-13-29-24(16-21)19-8-11-27(30-18-19)33-14-4-1-5-15-33/h8-13,16-18,22,25,34H,1-7,14-15H2,(H,31,32)/t22-,25-/m1/s1. The first-order valence-electron chi connectivity index (χ1n) is 12.9. The van der Waals surface area contributed by atoms with Crippen molar-refractivity contribution in [2.75, 3.05) is 23.3 Å². The Kier molecular flexibility index (Phi) is 6.70. The third-order valence-electron chi connectivity index (χ3n) is 7.09.